The largest absolute Gasteiger partial charge is 0.333 e. The van der Waals surface area contributed by atoms with Crippen LogP contribution in [0.3, 0.4) is 0 Å². The van der Waals surface area contributed by atoms with Crippen LogP contribution in [0.25, 0.3) is 5.69 Å². The van der Waals surface area contributed by atoms with Crippen molar-refractivity contribution in [3.05, 3.63) is 52.2 Å². The highest BCUT2D eigenvalue weighted by atomic mass is 32.2. The van der Waals surface area contributed by atoms with Crippen LogP contribution in [0.15, 0.2) is 46.9 Å². The molecule has 0 saturated carbocycles. The number of hydrogen-bond donors (Lipinski definition) is 0. The van der Waals surface area contributed by atoms with Gasteiger partial charge in [-0.1, -0.05) is 36.0 Å². The first-order valence-corrected chi connectivity index (χ1v) is 13.1. The number of nitrogens with zero attached hydrogens (tertiary/aromatic N) is 5. The Morgan fingerprint density at radius 3 is 2.83 bits per heavy atom. The monoisotopic (exact) mass is 463 g/mol. The molecule has 0 spiro atoms. The fourth-order valence-electron chi connectivity index (χ4n) is 3.44. The van der Waals surface area contributed by atoms with Gasteiger partial charge in [-0.3, -0.25) is 4.79 Å². The molecular formula is C19H21N5O3S3. The highest BCUT2D eigenvalue weighted by Gasteiger charge is 2.35. The highest BCUT2D eigenvalue weighted by Crippen LogP contribution is 2.25. The number of carbonyl (C=O) groups excluding carboxylic acids is 1. The normalized spacial score (nSPS) is 17.8. The number of benzene rings is 1. The average molecular weight is 464 g/mol. The summed E-state index contributed by atoms with van der Waals surface area (Å²) >= 11 is 2.81. The molecule has 3 aromatic rings. The Morgan fingerprint density at radius 1 is 1.30 bits per heavy atom. The third-order valence-corrected chi connectivity index (χ3v) is 8.50. The molecule has 1 aromatic carbocycles. The third-order valence-electron chi connectivity index (χ3n) is 4.99. The predicted molar refractivity (Wildman–Crippen MR) is 117 cm³/mol. The van der Waals surface area contributed by atoms with Crippen LogP contribution in [0, 0.1) is 6.92 Å². The maximum absolute atomic E-state index is 13.1. The lowest BCUT2D eigenvalue weighted by Crippen LogP contribution is -2.41. The van der Waals surface area contributed by atoms with Crippen molar-refractivity contribution in [1.29, 1.82) is 0 Å². The van der Waals surface area contributed by atoms with Crippen LogP contribution in [0.2, 0.25) is 0 Å². The molecule has 1 aliphatic rings. The number of hydrogen-bond acceptors (Lipinski definition) is 8. The Kier molecular flexibility index (Phi) is 6.21. The molecule has 2 aromatic heterocycles. The van der Waals surface area contributed by atoms with Crippen LogP contribution in [-0.4, -0.2) is 62.7 Å². The summed E-state index contributed by atoms with van der Waals surface area (Å²) < 4.78 is 25.6. The molecule has 30 heavy (non-hydrogen) atoms. The van der Waals surface area contributed by atoms with Crippen molar-refractivity contribution in [3.8, 4) is 5.69 Å². The minimum Gasteiger partial charge on any atom is -0.333 e. The van der Waals surface area contributed by atoms with Gasteiger partial charge >= 0.3 is 0 Å². The van der Waals surface area contributed by atoms with Gasteiger partial charge in [0.25, 0.3) is 0 Å². The molecule has 1 saturated heterocycles. The molecule has 0 radical (unpaired) electrons. The molecule has 4 rings (SSSR count). The van der Waals surface area contributed by atoms with E-state index in [-0.39, 0.29) is 29.2 Å². The molecule has 1 atom stereocenters. The summed E-state index contributed by atoms with van der Waals surface area (Å²) in [6, 6.07) is 11.3. The van der Waals surface area contributed by atoms with E-state index in [9.17, 15) is 13.2 Å². The second-order valence-corrected chi connectivity index (χ2v) is 11.3. The predicted octanol–water partition coefficient (Wildman–Crippen LogP) is 2.34. The van der Waals surface area contributed by atoms with Crippen molar-refractivity contribution in [2.75, 3.05) is 17.3 Å². The fourth-order valence-corrected chi connectivity index (χ4v) is 6.65. The van der Waals surface area contributed by atoms with E-state index in [1.54, 1.807) is 20.9 Å². The Morgan fingerprint density at radius 2 is 2.13 bits per heavy atom. The molecule has 0 unspecified atom stereocenters. The molecule has 158 valence electrons. The SMILES string of the molecule is Cc1ccccc1-n1nnnc1SCC(=O)N(Cc1cccs1)[C@@H]1CCS(=O)(=O)C1. The van der Waals surface area contributed by atoms with E-state index in [1.165, 1.54) is 11.8 Å². The molecule has 3 heterocycles. The van der Waals surface area contributed by atoms with Crippen molar-refractivity contribution in [3.63, 3.8) is 0 Å². The molecule has 0 aliphatic carbocycles. The number of aryl methyl sites for hydroxylation is 1. The van der Waals surface area contributed by atoms with Crippen LogP contribution < -0.4 is 0 Å². The molecule has 1 aliphatic heterocycles. The summed E-state index contributed by atoms with van der Waals surface area (Å²) in [5.74, 6) is 0.170. The summed E-state index contributed by atoms with van der Waals surface area (Å²) in [4.78, 5) is 15.8. The molecule has 1 amide bonds. The number of para-hydroxylation sites is 1. The van der Waals surface area contributed by atoms with Gasteiger partial charge < -0.3 is 4.90 Å². The molecule has 8 nitrogen and oxygen atoms in total. The van der Waals surface area contributed by atoms with Gasteiger partial charge in [-0.25, -0.2) is 8.42 Å². The maximum atomic E-state index is 13.1. The van der Waals surface area contributed by atoms with E-state index in [2.05, 4.69) is 15.5 Å². The van der Waals surface area contributed by atoms with Gasteiger partial charge in [0.2, 0.25) is 11.1 Å². The zero-order valence-electron chi connectivity index (χ0n) is 16.3. The minimum absolute atomic E-state index is 0.0235. The lowest BCUT2D eigenvalue weighted by Gasteiger charge is -2.27. The van der Waals surface area contributed by atoms with E-state index in [1.807, 2.05) is 48.7 Å². The third kappa shape index (κ3) is 4.73. The zero-order chi connectivity index (χ0) is 21.1. The van der Waals surface area contributed by atoms with Gasteiger partial charge in [0.1, 0.15) is 0 Å². The molecule has 11 heteroatoms. The standard InChI is InChI=1S/C19H21N5O3S3/c1-14-5-2-3-7-17(14)24-19(20-21-22-24)29-12-18(25)23(11-16-6-4-9-28-16)15-8-10-30(26,27)13-15/h2-7,9,15H,8,10-13H2,1H3/t15-/m1/s1. The van der Waals surface area contributed by atoms with Gasteiger partial charge in [0.15, 0.2) is 9.84 Å². The number of aromatic nitrogens is 4. The summed E-state index contributed by atoms with van der Waals surface area (Å²) in [5.41, 5.74) is 1.88. The molecule has 1 fully saturated rings. The first-order chi connectivity index (χ1) is 14.4. The zero-order valence-corrected chi connectivity index (χ0v) is 18.8. The second kappa shape index (κ2) is 8.86. The Bertz CT molecular complexity index is 1130. The fraction of sp³-hybridized carbons (Fsp3) is 0.368. The minimum atomic E-state index is -3.09. The van der Waals surface area contributed by atoms with E-state index in [0.29, 0.717) is 18.1 Å². The number of thiophene rings is 1. The van der Waals surface area contributed by atoms with Crippen molar-refractivity contribution < 1.29 is 13.2 Å². The van der Waals surface area contributed by atoms with Crippen LogP contribution >= 0.6 is 23.1 Å². The van der Waals surface area contributed by atoms with Gasteiger partial charge in [-0.15, -0.1) is 16.4 Å². The number of carbonyl (C=O) groups is 1. The summed E-state index contributed by atoms with van der Waals surface area (Å²) in [5, 5.41) is 14.4. The Balaban J connectivity index is 1.50. The molecule has 0 N–H and O–H groups in total. The van der Waals surface area contributed by atoms with Crippen molar-refractivity contribution in [2.45, 2.75) is 31.1 Å². The quantitative estimate of drug-likeness (QED) is 0.496. The Labute approximate surface area is 183 Å². The topological polar surface area (TPSA) is 98.1 Å². The van der Waals surface area contributed by atoms with Gasteiger partial charge in [0, 0.05) is 10.9 Å². The number of sulfone groups is 1. The maximum Gasteiger partial charge on any atom is 0.233 e. The lowest BCUT2D eigenvalue weighted by molar-refractivity contribution is -0.130. The number of thioether (sulfide) groups is 1. The smallest absolute Gasteiger partial charge is 0.233 e. The van der Waals surface area contributed by atoms with Gasteiger partial charge in [-0.2, -0.15) is 4.68 Å². The van der Waals surface area contributed by atoms with Crippen LogP contribution in [0.4, 0.5) is 0 Å². The number of tetrazole rings is 1. The number of rotatable bonds is 7. The molecular weight excluding hydrogens is 442 g/mol. The second-order valence-electron chi connectivity index (χ2n) is 7.11. The number of amides is 1. The van der Waals surface area contributed by atoms with Crippen molar-refractivity contribution >= 4 is 38.8 Å². The summed E-state index contributed by atoms with van der Waals surface area (Å²) in [6.07, 6.45) is 0.477. The lowest BCUT2D eigenvalue weighted by atomic mass is 10.2. The van der Waals surface area contributed by atoms with Gasteiger partial charge in [0.05, 0.1) is 29.5 Å². The van der Waals surface area contributed by atoms with E-state index < -0.39 is 9.84 Å². The van der Waals surface area contributed by atoms with E-state index in [0.717, 1.165) is 16.1 Å². The highest BCUT2D eigenvalue weighted by molar-refractivity contribution is 7.99. The average Bonchev–Trinajstić information content (AvgIpc) is 3.45. The van der Waals surface area contributed by atoms with E-state index >= 15 is 0 Å². The van der Waals surface area contributed by atoms with Gasteiger partial charge in [-0.05, 0) is 46.8 Å². The van der Waals surface area contributed by atoms with Crippen molar-refractivity contribution in [2.24, 2.45) is 0 Å². The summed E-state index contributed by atoms with van der Waals surface area (Å²) in [7, 11) is -3.09. The first kappa shape index (κ1) is 21.0. The Hall–Kier alpha value is -2.24. The van der Waals surface area contributed by atoms with E-state index in [4.69, 9.17) is 0 Å². The first-order valence-electron chi connectivity index (χ1n) is 9.42. The van der Waals surface area contributed by atoms with Crippen LogP contribution in [0.5, 0.6) is 0 Å². The van der Waals surface area contributed by atoms with Crippen molar-refractivity contribution in [1.82, 2.24) is 25.1 Å². The summed E-state index contributed by atoms with van der Waals surface area (Å²) in [6.45, 7) is 2.39. The van der Waals surface area contributed by atoms with Crippen LogP contribution in [-0.2, 0) is 21.2 Å². The molecule has 0 bridgehead atoms. The van der Waals surface area contributed by atoms with Crippen LogP contribution in [0.1, 0.15) is 16.9 Å².